The third-order valence-corrected chi connectivity index (χ3v) is 3.28. The summed E-state index contributed by atoms with van der Waals surface area (Å²) >= 11 is 0. The Balaban J connectivity index is 2.35. The van der Waals surface area contributed by atoms with Crippen molar-refractivity contribution in [1.29, 1.82) is 0 Å². The van der Waals surface area contributed by atoms with Crippen LogP contribution in [0.3, 0.4) is 0 Å². The zero-order valence-electron chi connectivity index (χ0n) is 11.2. The van der Waals surface area contributed by atoms with Crippen LogP contribution >= 0.6 is 0 Å². The van der Waals surface area contributed by atoms with Crippen molar-refractivity contribution in [3.8, 4) is 11.3 Å². The molecule has 0 aliphatic heterocycles. The maximum absolute atomic E-state index is 12.6. The summed E-state index contributed by atoms with van der Waals surface area (Å²) in [6.45, 7) is 0.484. The van der Waals surface area contributed by atoms with E-state index in [-0.39, 0.29) is 5.43 Å². The molecule has 1 heterocycles. The SMILES string of the molecule is CNCc1c(-c2ccccc2)oc2ccccc2c1=O. The van der Waals surface area contributed by atoms with Crippen LogP contribution in [0.5, 0.6) is 0 Å². The van der Waals surface area contributed by atoms with E-state index in [1.807, 2.05) is 55.6 Å². The van der Waals surface area contributed by atoms with Crippen molar-refractivity contribution in [3.05, 3.63) is 70.4 Å². The normalized spacial score (nSPS) is 10.8. The Morgan fingerprint density at radius 2 is 1.70 bits per heavy atom. The Morgan fingerprint density at radius 1 is 1.00 bits per heavy atom. The van der Waals surface area contributed by atoms with Crippen LogP contribution < -0.4 is 10.7 Å². The number of nitrogens with one attached hydrogen (secondary N) is 1. The van der Waals surface area contributed by atoms with Crippen LogP contribution in [0.4, 0.5) is 0 Å². The van der Waals surface area contributed by atoms with Gasteiger partial charge in [0.25, 0.3) is 0 Å². The van der Waals surface area contributed by atoms with E-state index in [2.05, 4.69) is 5.32 Å². The third-order valence-electron chi connectivity index (χ3n) is 3.28. The van der Waals surface area contributed by atoms with Crippen molar-refractivity contribution in [2.24, 2.45) is 0 Å². The Kier molecular flexibility index (Phi) is 3.35. The number of benzene rings is 2. The zero-order valence-corrected chi connectivity index (χ0v) is 11.2. The molecular weight excluding hydrogens is 250 g/mol. The molecule has 0 aliphatic carbocycles. The molecule has 0 atom stereocenters. The summed E-state index contributed by atoms with van der Waals surface area (Å²) in [6.07, 6.45) is 0. The van der Waals surface area contributed by atoms with Crippen molar-refractivity contribution in [2.75, 3.05) is 7.05 Å². The van der Waals surface area contributed by atoms with E-state index in [0.29, 0.717) is 28.8 Å². The van der Waals surface area contributed by atoms with Crippen LogP contribution in [-0.4, -0.2) is 7.05 Å². The molecular formula is C17H15NO2. The average Bonchev–Trinajstić information content (AvgIpc) is 2.51. The highest BCUT2D eigenvalue weighted by atomic mass is 16.3. The fraction of sp³-hybridized carbons (Fsp3) is 0.118. The zero-order chi connectivity index (χ0) is 13.9. The Bertz CT molecular complexity index is 791. The van der Waals surface area contributed by atoms with Crippen molar-refractivity contribution in [2.45, 2.75) is 6.54 Å². The van der Waals surface area contributed by atoms with E-state index < -0.39 is 0 Å². The minimum atomic E-state index is 0.0278. The number of rotatable bonds is 3. The topological polar surface area (TPSA) is 42.2 Å². The molecule has 3 aromatic rings. The molecule has 3 rings (SSSR count). The third kappa shape index (κ3) is 2.12. The first-order chi connectivity index (χ1) is 9.81. The van der Waals surface area contributed by atoms with Gasteiger partial charge in [0.05, 0.1) is 10.9 Å². The molecule has 0 radical (unpaired) electrons. The second-order valence-electron chi connectivity index (χ2n) is 4.63. The lowest BCUT2D eigenvalue weighted by atomic mass is 10.0. The largest absolute Gasteiger partial charge is 0.455 e. The number of fused-ring (bicyclic) bond motifs is 1. The minimum Gasteiger partial charge on any atom is -0.455 e. The molecule has 2 aromatic carbocycles. The first-order valence-electron chi connectivity index (χ1n) is 6.56. The van der Waals surface area contributed by atoms with E-state index in [9.17, 15) is 4.79 Å². The molecule has 0 aliphatic rings. The lowest BCUT2D eigenvalue weighted by molar-refractivity contribution is 0.604. The van der Waals surface area contributed by atoms with Crippen LogP contribution in [0.1, 0.15) is 5.56 Å². The molecule has 100 valence electrons. The molecule has 0 spiro atoms. The standard InChI is InChI=1S/C17H15NO2/c1-18-11-14-16(19)13-9-5-6-10-15(13)20-17(14)12-7-3-2-4-8-12/h2-10,18H,11H2,1H3. The van der Waals surface area contributed by atoms with E-state index in [1.165, 1.54) is 0 Å². The molecule has 1 aromatic heterocycles. The predicted octanol–water partition coefficient (Wildman–Crippen LogP) is 3.18. The van der Waals surface area contributed by atoms with E-state index in [4.69, 9.17) is 4.42 Å². The van der Waals surface area contributed by atoms with Crippen LogP contribution in [0.2, 0.25) is 0 Å². The van der Waals surface area contributed by atoms with E-state index >= 15 is 0 Å². The summed E-state index contributed by atoms with van der Waals surface area (Å²) in [5, 5.41) is 3.66. The molecule has 3 nitrogen and oxygen atoms in total. The molecule has 0 saturated carbocycles. The van der Waals surface area contributed by atoms with Gasteiger partial charge in [-0.15, -0.1) is 0 Å². The molecule has 0 amide bonds. The van der Waals surface area contributed by atoms with Crippen LogP contribution in [0, 0.1) is 0 Å². The molecule has 0 unspecified atom stereocenters. The van der Waals surface area contributed by atoms with E-state index in [0.717, 1.165) is 5.56 Å². The van der Waals surface area contributed by atoms with Gasteiger partial charge in [-0.1, -0.05) is 42.5 Å². The van der Waals surface area contributed by atoms with Crippen molar-refractivity contribution >= 4 is 11.0 Å². The van der Waals surface area contributed by atoms with Gasteiger partial charge in [0, 0.05) is 12.1 Å². The summed E-state index contributed by atoms with van der Waals surface area (Å²) in [4.78, 5) is 12.6. The van der Waals surface area contributed by atoms with Gasteiger partial charge in [0.15, 0.2) is 5.43 Å². The lowest BCUT2D eigenvalue weighted by Crippen LogP contribution is -2.17. The molecule has 3 heteroatoms. The Hall–Kier alpha value is -2.39. The van der Waals surface area contributed by atoms with Crippen molar-refractivity contribution in [1.82, 2.24) is 5.32 Å². The highest BCUT2D eigenvalue weighted by Crippen LogP contribution is 2.25. The quantitative estimate of drug-likeness (QED) is 0.791. The lowest BCUT2D eigenvalue weighted by Gasteiger charge is -2.09. The smallest absolute Gasteiger partial charge is 0.197 e. The number of para-hydroxylation sites is 1. The number of hydrogen-bond acceptors (Lipinski definition) is 3. The van der Waals surface area contributed by atoms with Gasteiger partial charge < -0.3 is 9.73 Å². The monoisotopic (exact) mass is 265 g/mol. The number of hydrogen-bond donors (Lipinski definition) is 1. The highest BCUT2D eigenvalue weighted by Gasteiger charge is 2.14. The van der Waals surface area contributed by atoms with E-state index in [1.54, 1.807) is 6.07 Å². The summed E-state index contributed by atoms with van der Waals surface area (Å²) in [5.41, 5.74) is 2.23. The van der Waals surface area contributed by atoms with Gasteiger partial charge in [-0.05, 0) is 19.2 Å². The summed E-state index contributed by atoms with van der Waals surface area (Å²) in [7, 11) is 1.82. The average molecular weight is 265 g/mol. The molecule has 0 saturated heterocycles. The Labute approximate surface area is 116 Å². The first kappa shape index (κ1) is 12.6. The molecule has 0 bridgehead atoms. The Morgan fingerprint density at radius 3 is 2.45 bits per heavy atom. The van der Waals surface area contributed by atoms with Gasteiger partial charge in [-0.3, -0.25) is 4.79 Å². The second-order valence-corrected chi connectivity index (χ2v) is 4.63. The van der Waals surface area contributed by atoms with Gasteiger partial charge in [0.1, 0.15) is 11.3 Å². The molecule has 0 fully saturated rings. The molecule has 1 N–H and O–H groups in total. The predicted molar refractivity (Wildman–Crippen MR) is 80.7 cm³/mol. The molecule has 20 heavy (non-hydrogen) atoms. The maximum Gasteiger partial charge on any atom is 0.197 e. The highest BCUT2D eigenvalue weighted by molar-refractivity contribution is 5.80. The maximum atomic E-state index is 12.6. The summed E-state index contributed by atoms with van der Waals surface area (Å²) in [6, 6.07) is 17.1. The van der Waals surface area contributed by atoms with Crippen LogP contribution in [0.25, 0.3) is 22.3 Å². The van der Waals surface area contributed by atoms with Gasteiger partial charge in [-0.25, -0.2) is 0 Å². The minimum absolute atomic E-state index is 0.0278. The van der Waals surface area contributed by atoms with Gasteiger partial charge in [-0.2, -0.15) is 0 Å². The summed E-state index contributed by atoms with van der Waals surface area (Å²) < 4.78 is 5.97. The fourth-order valence-corrected chi connectivity index (χ4v) is 2.34. The van der Waals surface area contributed by atoms with Gasteiger partial charge in [0.2, 0.25) is 0 Å². The van der Waals surface area contributed by atoms with Gasteiger partial charge >= 0.3 is 0 Å². The van der Waals surface area contributed by atoms with Crippen molar-refractivity contribution < 1.29 is 4.42 Å². The second kappa shape index (κ2) is 5.31. The van der Waals surface area contributed by atoms with Crippen LogP contribution in [-0.2, 0) is 6.54 Å². The van der Waals surface area contributed by atoms with Crippen LogP contribution in [0.15, 0.2) is 63.8 Å². The first-order valence-corrected chi connectivity index (χ1v) is 6.56. The summed E-state index contributed by atoms with van der Waals surface area (Å²) in [5.74, 6) is 0.642. The van der Waals surface area contributed by atoms with Crippen molar-refractivity contribution in [3.63, 3.8) is 0 Å². The fourth-order valence-electron chi connectivity index (χ4n) is 2.34.